The number of likely N-dealkylation sites (N-methyl/N-ethyl adjacent to an activating group) is 1. The predicted molar refractivity (Wildman–Crippen MR) is 226 cm³/mol. The molecule has 14 heteroatoms. The van der Waals surface area contributed by atoms with Gasteiger partial charge < -0.3 is 39.5 Å². The van der Waals surface area contributed by atoms with Crippen LogP contribution in [0.15, 0.2) is 73.3 Å². The van der Waals surface area contributed by atoms with Crippen molar-refractivity contribution < 1.29 is 9.47 Å². The first-order chi connectivity index (χ1) is 28.1. The molecule has 4 aliphatic heterocycles. The molecule has 14 nitrogen and oxygen atoms in total. The molecule has 0 amide bonds. The summed E-state index contributed by atoms with van der Waals surface area (Å²) in [5.41, 5.74) is 8.79. The van der Waals surface area contributed by atoms with Gasteiger partial charge in [0.25, 0.3) is 0 Å². The number of piperazine rings is 2. The summed E-state index contributed by atoms with van der Waals surface area (Å²) in [6.07, 6.45) is 7.66. The highest BCUT2D eigenvalue weighted by Crippen LogP contribution is 2.30. The average Bonchev–Trinajstić information content (AvgIpc) is 3.89. The Morgan fingerprint density at radius 3 is 1.47 bits per heavy atom. The molecular formula is C43H54N12O2. The number of rotatable bonds is 8. The first-order valence-corrected chi connectivity index (χ1v) is 20.5. The average molecular weight is 771 g/mol. The smallest absolute Gasteiger partial charge is 0.128 e. The predicted octanol–water partition coefficient (Wildman–Crippen LogP) is 4.08. The number of nitrogens with one attached hydrogen (secondary N) is 3. The summed E-state index contributed by atoms with van der Waals surface area (Å²) in [6.45, 7) is 17.3. The van der Waals surface area contributed by atoms with Crippen molar-refractivity contribution in [3.63, 3.8) is 0 Å². The van der Waals surface area contributed by atoms with E-state index in [4.69, 9.17) is 19.4 Å². The van der Waals surface area contributed by atoms with E-state index >= 15 is 0 Å². The van der Waals surface area contributed by atoms with Crippen molar-refractivity contribution in [1.29, 1.82) is 0 Å². The summed E-state index contributed by atoms with van der Waals surface area (Å²) in [4.78, 5) is 37.8. The standard InChI is InChI=1S/C22H28N6O.C21H26N6O/c1-26-6-8-28(9-7-26)21-3-2-17(15-24-21)22-19-14-18(25-20(19)4-5-23-22)16-27-10-12-29-13-11-27;1-2-20(27-7-5-22-6-8-27)24-14-16(1)21-18-13-17(25-19(18)3-4-23-21)15-26-9-11-28-12-10-26/h2-5,14-15,25H,6-13,16H2,1H3;1-4,13-14,22,25H,5-12,15H2. The van der Waals surface area contributed by atoms with Crippen LogP contribution < -0.4 is 15.1 Å². The zero-order chi connectivity index (χ0) is 38.4. The molecule has 0 bridgehead atoms. The van der Waals surface area contributed by atoms with E-state index in [1.54, 1.807) is 0 Å². The Balaban J connectivity index is 0.000000148. The fourth-order valence-corrected chi connectivity index (χ4v) is 8.21. The molecule has 0 atom stereocenters. The molecule has 0 aromatic carbocycles. The highest BCUT2D eigenvalue weighted by molar-refractivity contribution is 5.94. The maximum atomic E-state index is 5.46. The number of aromatic nitrogens is 6. The maximum absolute atomic E-state index is 5.46. The Kier molecular flexibility index (Phi) is 11.7. The second kappa shape index (κ2) is 17.7. The van der Waals surface area contributed by atoms with Crippen LogP contribution in [0.1, 0.15) is 11.4 Å². The van der Waals surface area contributed by atoms with Gasteiger partial charge in [0.1, 0.15) is 11.6 Å². The first-order valence-electron chi connectivity index (χ1n) is 20.5. The molecule has 10 rings (SSSR count). The number of H-pyrrole nitrogens is 2. The van der Waals surface area contributed by atoms with Crippen LogP contribution in [0.4, 0.5) is 11.6 Å². The lowest BCUT2D eigenvalue weighted by molar-refractivity contribution is 0.0337. The summed E-state index contributed by atoms with van der Waals surface area (Å²) in [6, 6.07) is 17.1. The van der Waals surface area contributed by atoms with Crippen LogP contribution in [-0.4, -0.2) is 157 Å². The third kappa shape index (κ3) is 8.96. The van der Waals surface area contributed by atoms with E-state index in [2.05, 4.69) is 93.2 Å². The molecule has 0 radical (unpaired) electrons. The molecule has 4 saturated heterocycles. The molecule has 0 saturated carbocycles. The number of hydrogen-bond donors (Lipinski definition) is 3. The number of anilines is 2. The van der Waals surface area contributed by atoms with Crippen molar-refractivity contribution >= 4 is 33.4 Å². The molecule has 4 aliphatic rings. The zero-order valence-corrected chi connectivity index (χ0v) is 33.0. The van der Waals surface area contributed by atoms with Gasteiger partial charge in [0.2, 0.25) is 0 Å². The largest absolute Gasteiger partial charge is 0.379 e. The quantitative estimate of drug-likeness (QED) is 0.206. The number of morpholine rings is 2. The Labute approximate surface area is 334 Å². The molecule has 4 fully saturated rings. The Morgan fingerprint density at radius 2 is 1.02 bits per heavy atom. The highest BCUT2D eigenvalue weighted by Gasteiger charge is 2.19. The van der Waals surface area contributed by atoms with E-state index in [-0.39, 0.29) is 0 Å². The number of ether oxygens (including phenoxy) is 2. The Bertz CT molecular complexity index is 2200. The van der Waals surface area contributed by atoms with Crippen molar-refractivity contribution in [3.8, 4) is 22.5 Å². The first kappa shape index (κ1) is 37.6. The topological polar surface area (TPSA) is 130 Å². The van der Waals surface area contributed by atoms with Crippen molar-refractivity contribution in [2.45, 2.75) is 13.1 Å². The number of nitrogens with zero attached hydrogens (tertiary/aromatic N) is 9. The lowest BCUT2D eigenvalue weighted by atomic mass is 10.1. The fourth-order valence-electron chi connectivity index (χ4n) is 8.21. The van der Waals surface area contributed by atoms with Crippen LogP contribution in [-0.2, 0) is 22.6 Å². The summed E-state index contributed by atoms with van der Waals surface area (Å²) >= 11 is 0. The van der Waals surface area contributed by atoms with E-state index in [1.807, 2.05) is 36.9 Å². The SMILES string of the molecule is CN1CCN(c2ccc(-c3nccc4[nH]c(CN5CCOCC5)cc34)cn2)CC1.c1cc2[nH]c(CN3CCOCC3)cc2c(-c2ccc(N3CCNCC3)nc2)n1. The number of aromatic amines is 2. The Morgan fingerprint density at radius 1 is 0.544 bits per heavy atom. The van der Waals surface area contributed by atoms with Gasteiger partial charge in [0.15, 0.2) is 0 Å². The fraction of sp³-hybridized carbons (Fsp3) is 0.442. The molecule has 6 aromatic rings. The van der Waals surface area contributed by atoms with Crippen LogP contribution in [0.2, 0.25) is 0 Å². The molecule has 0 unspecified atom stereocenters. The van der Waals surface area contributed by atoms with Gasteiger partial charge in [-0.3, -0.25) is 19.8 Å². The highest BCUT2D eigenvalue weighted by atomic mass is 16.5. The van der Waals surface area contributed by atoms with Gasteiger partial charge in [-0.1, -0.05) is 0 Å². The molecule has 0 spiro atoms. The van der Waals surface area contributed by atoms with Crippen molar-refractivity contribution in [2.24, 2.45) is 0 Å². The number of pyridine rings is 4. The molecular weight excluding hydrogens is 717 g/mol. The molecule has 3 N–H and O–H groups in total. The minimum atomic E-state index is 0.818. The molecule has 0 aliphatic carbocycles. The van der Waals surface area contributed by atoms with Crippen molar-refractivity contribution in [1.82, 2.24) is 49.9 Å². The van der Waals surface area contributed by atoms with Gasteiger partial charge in [0, 0.05) is 161 Å². The second-order valence-electron chi connectivity index (χ2n) is 15.4. The van der Waals surface area contributed by atoms with E-state index in [0.29, 0.717) is 0 Å². The summed E-state index contributed by atoms with van der Waals surface area (Å²) < 4.78 is 10.9. The number of fused-ring (bicyclic) bond motifs is 2. The van der Waals surface area contributed by atoms with E-state index in [0.717, 1.165) is 174 Å². The summed E-state index contributed by atoms with van der Waals surface area (Å²) in [7, 11) is 2.17. The minimum absolute atomic E-state index is 0.818. The third-order valence-corrected chi connectivity index (χ3v) is 11.5. The van der Waals surface area contributed by atoms with Gasteiger partial charge in [0.05, 0.1) is 37.8 Å². The third-order valence-electron chi connectivity index (χ3n) is 11.5. The summed E-state index contributed by atoms with van der Waals surface area (Å²) in [5, 5.41) is 5.69. The molecule has 298 valence electrons. The lowest BCUT2D eigenvalue weighted by Crippen LogP contribution is -2.44. The van der Waals surface area contributed by atoms with Crippen LogP contribution >= 0.6 is 0 Å². The lowest BCUT2D eigenvalue weighted by Gasteiger charge is -2.33. The minimum Gasteiger partial charge on any atom is -0.379 e. The second-order valence-corrected chi connectivity index (χ2v) is 15.4. The maximum Gasteiger partial charge on any atom is 0.128 e. The summed E-state index contributed by atoms with van der Waals surface area (Å²) in [5.74, 6) is 2.09. The van der Waals surface area contributed by atoms with Crippen molar-refractivity contribution in [3.05, 3.63) is 84.7 Å². The van der Waals surface area contributed by atoms with Crippen LogP contribution in [0.25, 0.3) is 44.3 Å². The zero-order valence-electron chi connectivity index (χ0n) is 33.0. The van der Waals surface area contributed by atoms with Gasteiger partial charge >= 0.3 is 0 Å². The van der Waals surface area contributed by atoms with Gasteiger partial charge in [-0.15, -0.1) is 0 Å². The monoisotopic (exact) mass is 770 g/mol. The van der Waals surface area contributed by atoms with E-state index in [9.17, 15) is 0 Å². The molecule has 57 heavy (non-hydrogen) atoms. The van der Waals surface area contributed by atoms with E-state index < -0.39 is 0 Å². The van der Waals surface area contributed by atoms with Crippen LogP contribution in [0.3, 0.4) is 0 Å². The number of hydrogen-bond acceptors (Lipinski definition) is 12. The van der Waals surface area contributed by atoms with Gasteiger partial charge in [-0.05, 0) is 55.6 Å². The Hall–Kier alpha value is -4.96. The van der Waals surface area contributed by atoms with Crippen LogP contribution in [0.5, 0.6) is 0 Å². The van der Waals surface area contributed by atoms with Crippen LogP contribution in [0, 0.1) is 0 Å². The normalized spacial score (nSPS) is 18.9. The van der Waals surface area contributed by atoms with Crippen molar-refractivity contribution in [2.75, 3.05) is 122 Å². The molecule has 10 heterocycles. The van der Waals surface area contributed by atoms with Gasteiger partial charge in [-0.2, -0.15) is 0 Å². The molecule has 6 aromatic heterocycles. The van der Waals surface area contributed by atoms with E-state index in [1.165, 1.54) is 11.4 Å². The van der Waals surface area contributed by atoms with Gasteiger partial charge in [-0.25, -0.2) is 9.97 Å².